The van der Waals surface area contributed by atoms with Crippen LogP contribution in [0.25, 0.3) is 0 Å². The molecule has 4 rings (SSSR count). The first kappa shape index (κ1) is 21.6. The number of Topliss-reactive ketones (excluding diaryl/α,β-unsaturated/α-hetero) is 1. The average molecular weight is 399 g/mol. The number of carbonyl (C=O) groups is 1. The summed E-state index contributed by atoms with van der Waals surface area (Å²) in [4.78, 5) is 12.1. The summed E-state index contributed by atoms with van der Waals surface area (Å²) in [6.07, 6.45) is 15.1. The summed E-state index contributed by atoms with van der Waals surface area (Å²) in [5, 5.41) is 0. The van der Waals surface area contributed by atoms with Gasteiger partial charge in [0.1, 0.15) is 5.78 Å². The van der Waals surface area contributed by atoms with E-state index in [0.717, 1.165) is 60.7 Å². The summed E-state index contributed by atoms with van der Waals surface area (Å²) in [6, 6.07) is 0. The van der Waals surface area contributed by atoms with E-state index >= 15 is 0 Å². The Kier molecular flexibility index (Phi) is 5.84. The van der Waals surface area contributed by atoms with Crippen LogP contribution in [0.5, 0.6) is 0 Å². The molecular formula is C28H46O. The average Bonchev–Trinajstić information content (AvgIpc) is 3.03. The molecule has 0 bridgehead atoms. The lowest BCUT2D eigenvalue weighted by atomic mass is 9.47. The van der Waals surface area contributed by atoms with Gasteiger partial charge in [-0.15, -0.1) is 0 Å². The summed E-state index contributed by atoms with van der Waals surface area (Å²) >= 11 is 0. The van der Waals surface area contributed by atoms with Gasteiger partial charge in [0, 0.05) is 12.8 Å². The number of carbonyl (C=O) groups excluding carboxylic acids is 1. The van der Waals surface area contributed by atoms with Crippen molar-refractivity contribution in [2.75, 3.05) is 0 Å². The lowest BCUT2D eigenvalue weighted by molar-refractivity contribution is -0.122. The molecule has 0 spiro atoms. The van der Waals surface area contributed by atoms with E-state index in [9.17, 15) is 4.79 Å². The first-order valence-electron chi connectivity index (χ1n) is 12.9. The van der Waals surface area contributed by atoms with Gasteiger partial charge in [0.25, 0.3) is 0 Å². The highest BCUT2D eigenvalue weighted by atomic mass is 16.1. The third-order valence-electron chi connectivity index (χ3n) is 10.9. The first-order chi connectivity index (χ1) is 13.7. The number of hydrogen-bond donors (Lipinski definition) is 0. The Morgan fingerprint density at radius 3 is 2.48 bits per heavy atom. The number of rotatable bonds is 5. The van der Waals surface area contributed by atoms with E-state index < -0.39 is 0 Å². The zero-order chi connectivity index (χ0) is 21.0. The standard InChI is InChI=1S/C28H46O/c1-18(2)19(3)7-8-20(4)24-11-12-25-23-10-9-21-17-22(29)13-15-27(21,5)26(23)14-16-28(24,25)6/h9,18-20,23-26H,7-8,10-17H2,1-6H3/t19?,20-,23?,24-,25?,26+,27+,28-/m1/s1. The highest BCUT2D eigenvalue weighted by Crippen LogP contribution is 2.67. The molecule has 8 atom stereocenters. The predicted molar refractivity (Wildman–Crippen MR) is 123 cm³/mol. The molecule has 0 aromatic heterocycles. The van der Waals surface area contributed by atoms with Crippen molar-refractivity contribution in [2.24, 2.45) is 52.3 Å². The van der Waals surface area contributed by atoms with Crippen LogP contribution in [-0.4, -0.2) is 5.78 Å². The van der Waals surface area contributed by atoms with Crippen LogP contribution in [0.15, 0.2) is 11.6 Å². The van der Waals surface area contributed by atoms with E-state index in [1.807, 2.05) is 0 Å². The van der Waals surface area contributed by atoms with Crippen molar-refractivity contribution in [2.45, 2.75) is 106 Å². The third-order valence-corrected chi connectivity index (χ3v) is 10.9. The van der Waals surface area contributed by atoms with E-state index in [-0.39, 0.29) is 0 Å². The number of allylic oxidation sites excluding steroid dienone is 2. The highest BCUT2D eigenvalue weighted by molar-refractivity contribution is 5.82. The fourth-order valence-corrected chi connectivity index (χ4v) is 8.51. The molecule has 0 saturated heterocycles. The maximum Gasteiger partial charge on any atom is 0.136 e. The van der Waals surface area contributed by atoms with Gasteiger partial charge < -0.3 is 0 Å². The lowest BCUT2D eigenvalue weighted by Gasteiger charge is -2.58. The molecule has 1 nitrogen and oxygen atoms in total. The van der Waals surface area contributed by atoms with Crippen LogP contribution >= 0.6 is 0 Å². The summed E-state index contributed by atoms with van der Waals surface area (Å²) in [5.41, 5.74) is 2.41. The summed E-state index contributed by atoms with van der Waals surface area (Å²) in [5.74, 6) is 6.59. The second-order valence-electron chi connectivity index (χ2n) is 12.5. The number of fused-ring (bicyclic) bond motifs is 5. The van der Waals surface area contributed by atoms with Gasteiger partial charge >= 0.3 is 0 Å². The lowest BCUT2D eigenvalue weighted by Crippen LogP contribution is -2.50. The molecule has 1 heteroatoms. The Morgan fingerprint density at radius 1 is 1.00 bits per heavy atom. The van der Waals surface area contributed by atoms with Crippen LogP contribution in [0.4, 0.5) is 0 Å². The molecule has 3 saturated carbocycles. The largest absolute Gasteiger partial charge is 0.299 e. The van der Waals surface area contributed by atoms with Crippen LogP contribution < -0.4 is 0 Å². The molecule has 0 amide bonds. The molecule has 0 aliphatic heterocycles. The summed E-state index contributed by atoms with van der Waals surface area (Å²) < 4.78 is 0. The fraction of sp³-hybridized carbons (Fsp3) is 0.893. The van der Waals surface area contributed by atoms with Gasteiger partial charge in [-0.2, -0.15) is 0 Å². The van der Waals surface area contributed by atoms with Gasteiger partial charge in [0.15, 0.2) is 0 Å². The van der Waals surface area contributed by atoms with Crippen LogP contribution in [0.2, 0.25) is 0 Å². The SMILES string of the molecule is CC(C)C(C)CC[C@@H](C)[C@H]1CCC2C3CC=C4CC(=O)CC[C@]4(C)[C@H]3CC[C@@]21C. The maximum atomic E-state index is 12.1. The Bertz CT molecular complexity index is 659. The van der Waals surface area contributed by atoms with Crippen molar-refractivity contribution in [3.8, 4) is 0 Å². The maximum absolute atomic E-state index is 12.1. The normalized spacial score (nSPS) is 44.0. The zero-order valence-corrected chi connectivity index (χ0v) is 20.1. The van der Waals surface area contributed by atoms with Crippen molar-refractivity contribution < 1.29 is 4.79 Å². The Labute approximate surface area is 180 Å². The minimum Gasteiger partial charge on any atom is -0.299 e. The minimum atomic E-state index is 0.328. The van der Waals surface area contributed by atoms with E-state index in [1.54, 1.807) is 0 Å². The summed E-state index contributed by atoms with van der Waals surface area (Å²) in [7, 11) is 0. The quantitative estimate of drug-likeness (QED) is 0.431. The fourth-order valence-electron chi connectivity index (χ4n) is 8.51. The van der Waals surface area contributed by atoms with E-state index in [4.69, 9.17) is 0 Å². The first-order valence-corrected chi connectivity index (χ1v) is 12.9. The third kappa shape index (κ3) is 3.57. The second kappa shape index (κ2) is 7.83. The van der Waals surface area contributed by atoms with Gasteiger partial charge in [0.2, 0.25) is 0 Å². The van der Waals surface area contributed by atoms with Crippen LogP contribution in [0.1, 0.15) is 106 Å². The smallest absolute Gasteiger partial charge is 0.136 e. The minimum absolute atomic E-state index is 0.328. The van der Waals surface area contributed by atoms with Crippen LogP contribution in [0.3, 0.4) is 0 Å². The molecule has 29 heavy (non-hydrogen) atoms. The predicted octanol–water partition coefficient (Wildman–Crippen LogP) is 7.84. The Morgan fingerprint density at radius 2 is 1.76 bits per heavy atom. The van der Waals surface area contributed by atoms with E-state index in [2.05, 4.69) is 47.6 Å². The van der Waals surface area contributed by atoms with Crippen molar-refractivity contribution >= 4 is 5.78 Å². The van der Waals surface area contributed by atoms with E-state index in [1.165, 1.54) is 50.5 Å². The molecule has 4 aliphatic carbocycles. The van der Waals surface area contributed by atoms with Gasteiger partial charge in [-0.3, -0.25) is 4.79 Å². The second-order valence-corrected chi connectivity index (χ2v) is 12.5. The summed E-state index contributed by atoms with van der Waals surface area (Å²) in [6.45, 7) is 15.0. The van der Waals surface area contributed by atoms with Gasteiger partial charge in [-0.05, 0) is 90.8 Å². The molecule has 0 radical (unpaired) electrons. The molecule has 3 fully saturated rings. The van der Waals surface area contributed by atoms with Crippen molar-refractivity contribution in [1.82, 2.24) is 0 Å². The Balaban J connectivity index is 1.49. The van der Waals surface area contributed by atoms with Crippen molar-refractivity contribution in [3.63, 3.8) is 0 Å². The van der Waals surface area contributed by atoms with Gasteiger partial charge in [-0.1, -0.05) is 66.0 Å². The number of hydrogen-bond acceptors (Lipinski definition) is 1. The van der Waals surface area contributed by atoms with E-state index in [0.29, 0.717) is 16.6 Å². The zero-order valence-electron chi connectivity index (χ0n) is 20.1. The van der Waals surface area contributed by atoms with Crippen molar-refractivity contribution in [1.29, 1.82) is 0 Å². The highest BCUT2D eigenvalue weighted by Gasteiger charge is 2.59. The topological polar surface area (TPSA) is 17.1 Å². The molecule has 4 aliphatic rings. The molecule has 0 aromatic carbocycles. The molecule has 3 unspecified atom stereocenters. The van der Waals surface area contributed by atoms with Gasteiger partial charge in [0.05, 0.1) is 0 Å². The molecule has 0 heterocycles. The molecule has 0 aromatic rings. The van der Waals surface area contributed by atoms with Crippen molar-refractivity contribution in [3.05, 3.63) is 11.6 Å². The van der Waals surface area contributed by atoms with Gasteiger partial charge in [-0.25, -0.2) is 0 Å². The monoisotopic (exact) mass is 398 g/mol. The van der Waals surface area contributed by atoms with Crippen LogP contribution in [-0.2, 0) is 4.79 Å². The molecule has 164 valence electrons. The Hall–Kier alpha value is -0.590. The molecule has 0 N–H and O–H groups in total. The van der Waals surface area contributed by atoms with Crippen LogP contribution in [0, 0.1) is 52.3 Å². The molecular weight excluding hydrogens is 352 g/mol. The number of ketones is 1.